The van der Waals surface area contributed by atoms with E-state index in [1.807, 2.05) is 41.5 Å². The molecule has 0 aliphatic rings. The largest absolute Gasteiger partial charge is 0.416 e. The number of oxime groups is 1. The lowest BCUT2D eigenvalue weighted by Gasteiger charge is -2.15. The Labute approximate surface area is 201 Å². The Kier molecular flexibility index (Phi) is 8.81. The molecule has 1 heterocycles. The molecule has 0 saturated heterocycles. The summed E-state index contributed by atoms with van der Waals surface area (Å²) >= 11 is 1.24. The lowest BCUT2D eigenvalue weighted by Crippen LogP contribution is -2.25. The molecule has 7 nitrogen and oxygen atoms in total. The molecule has 0 aliphatic carbocycles. The molecule has 0 spiro atoms. The van der Waals surface area contributed by atoms with Crippen molar-refractivity contribution in [1.29, 1.82) is 0 Å². The predicted molar refractivity (Wildman–Crippen MR) is 127 cm³/mol. The molecule has 0 atom stereocenters. The fourth-order valence-corrected chi connectivity index (χ4v) is 3.51. The average Bonchev–Trinajstić information content (AvgIpc) is 3.14. The number of hydrogen-bond donors (Lipinski definition) is 1. The summed E-state index contributed by atoms with van der Waals surface area (Å²) in [6.45, 7) is 12.5. The Bertz CT molecular complexity index is 1100. The molecule has 0 saturated carbocycles. The lowest BCUT2D eigenvalue weighted by molar-refractivity contribution is -0.137. The number of carbonyl (C=O) groups is 1. The van der Waals surface area contributed by atoms with E-state index in [2.05, 4.69) is 15.2 Å². The number of nitrogens with two attached hydrogens (primary N) is 1. The number of aryl methyl sites for hydroxylation is 1. The van der Waals surface area contributed by atoms with Crippen molar-refractivity contribution in [2.75, 3.05) is 6.54 Å². The van der Waals surface area contributed by atoms with Crippen molar-refractivity contribution < 1.29 is 22.8 Å². The molecule has 2 aromatic rings. The molecule has 2 N–H and O–H groups in total. The number of aromatic nitrogens is 2. The second-order valence-corrected chi connectivity index (χ2v) is 10.6. The summed E-state index contributed by atoms with van der Waals surface area (Å²) in [4.78, 5) is 22.9. The van der Waals surface area contributed by atoms with Crippen LogP contribution in [0, 0.1) is 5.41 Å². The van der Waals surface area contributed by atoms with Crippen LogP contribution in [0.3, 0.4) is 0 Å². The van der Waals surface area contributed by atoms with E-state index in [9.17, 15) is 18.0 Å². The van der Waals surface area contributed by atoms with E-state index in [1.54, 1.807) is 4.68 Å². The van der Waals surface area contributed by atoms with Gasteiger partial charge in [-0.25, -0.2) is 4.68 Å². The zero-order valence-corrected chi connectivity index (χ0v) is 21.2. The van der Waals surface area contributed by atoms with Crippen molar-refractivity contribution in [2.24, 2.45) is 21.3 Å². The van der Waals surface area contributed by atoms with E-state index < -0.39 is 23.1 Å². The fourth-order valence-electron chi connectivity index (χ4n) is 2.53. The van der Waals surface area contributed by atoms with Crippen molar-refractivity contribution in [3.63, 3.8) is 0 Å². The van der Waals surface area contributed by atoms with Crippen LogP contribution >= 0.6 is 11.3 Å². The SMILES string of the molecule is CCCCn1nc(C(C)(C)C)sc1=NC(=O)c1cc(C(F)(F)F)ccc1ON=CC(C)(C)CN. The Balaban J connectivity index is 2.56. The monoisotopic (exact) mass is 499 g/mol. The first-order valence-corrected chi connectivity index (χ1v) is 11.8. The van der Waals surface area contributed by atoms with Gasteiger partial charge in [-0.2, -0.15) is 23.3 Å². The number of alkyl halides is 3. The zero-order chi connectivity index (χ0) is 25.7. The van der Waals surface area contributed by atoms with Gasteiger partial charge >= 0.3 is 6.18 Å². The summed E-state index contributed by atoms with van der Waals surface area (Å²) < 4.78 is 41.7. The second-order valence-electron chi connectivity index (χ2n) is 9.66. The first kappa shape index (κ1) is 27.7. The van der Waals surface area contributed by atoms with Crippen molar-refractivity contribution in [3.8, 4) is 5.75 Å². The van der Waals surface area contributed by atoms with E-state index in [0.29, 0.717) is 11.3 Å². The normalized spacial score (nSPS) is 13.6. The van der Waals surface area contributed by atoms with Gasteiger partial charge < -0.3 is 10.6 Å². The number of hydrogen-bond acceptors (Lipinski definition) is 6. The van der Waals surface area contributed by atoms with Crippen molar-refractivity contribution in [2.45, 2.75) is 72.5 Å². The maximum atomic E-state index is 13.3. The van der Waals surface area contributed by atoms with E-state index in [4.69, 9.17) is 10.6 Å². The van der Waals surface area contributed by atoms with E-state index in [0.717, 1.165) is 36.0 Å². The molecule has 2 rings (SSSR count). The zero-order valence-electron chi connectivity index (χ0n) is 20.4. The molecular weight excluding hydrogens is 467 g/mol. The molecule has 11 heteroatoms. The minimum atomic E-state index is -4.64. The number of carbonyl (C=O) groups excluding carboxylic acids is 1. The van der Waals surface area contributed by atoms with Crippen LogP contribution in [-0.2, 0) is 18.1 Å². The molecule has 188 valence electrons. The van der Waals surface area contributed by atoms with Crippen LogP contribution in [0.5, 0.6) is 5.75 Å². The van der Waals surface area contributed by atoms with Crippen molar-refractivity contribution in [3.05, 3.63) is 39.1 Å². The minimum absolute atomic E-state index is 0.133. The Morgan fingerprint density at radius 1 is 1.24 bits per heavy atom. The highest BCUT2D eigenvalue weighted by molar-refractivity contribution is 7.09. The first-order valence-electron chi connectivity index (χ1n) is 11.0. The van der Waals surface area contributed by atoms with Crippen molar-refractivity contribution in [1.82, 2.24) is 9.78 Å². The molecule has 1 aromatic heterocycles. The van der Waals surface area contributed by atoms with E-state index in [-0.39, 0.29) is 23.3 Å². The van der Waals surface area contributed by atoms with Gasteiger partial charge in [-0.05, 0) is 24.6 Å². The Morgan fingerprint density at radius 2 is 1.91 bits per heavy atom. The van der Waals surface area contributed by atoms with Crippen LogP contribution in [0.25, 0.3) is 0 Å². The van der Waals surface area contributed by atoms with Gasteiger partial charge in [0.2, 0.25) is 4.80 Å². The molecule has 0 bridgehead atoms. The topological polar surface area (TPSA) is 94.9 Å². The van der Waals surface area contributed by atoms with Gasteiger partial charge in [0, 0.05) is 23.9 Å². The fraction of sp³-hybridized carbons (Fsp3) is 0.565. The molecule has 34 heavy (non-hydrogen) atoms. The molecule has 0 fully saturated rings. The number of unbranched alkanes of at least 4 members (excludes halogenated alkanes) is 1. The summed E-state index contributed by atoms with van der Waals surface area (Å²) in [6.07, 6.45) is -1.47. The first-order chi connectivity index (χ1) is 15.7. The maximum Gasteiger partial charge on any atom is 0.416 e. The highest BCUT2D eigenvalue weighted by Gasteiger charge is 2.32. The molecule has 1 amide bonds. The minimum Gasteiger partial charge on any atom is -0.356 e. The number of rotatable bonds is 8. The highest BCUT2D eigenvalue weighted by atomic mass is 32.1. The van der Waals surface area contributed by atoms with Crippen LogP contribution in [0.4, 0.5) is 13.2 Å². The summed E-state index contributed by atoms with van der Waals surface area (Å²) in [7, 11) is 0. The third kappa shape index (κ3) is 7.49. The third-order valence-corrected chi connectivity index (χ3v) is 6.17. The number of amides is 1. The highest BCUT2D eigenvalue weighted by Crippen LogP contribution is 2.33. The van der Waals surface area contributed by atoms with Crippen LogP contribution in [0.15, 0.2) is 28.3 Å². The quantitative estimate of drug-likeness (QED) is 0.401. The van der Waals surface area contributed by atoms with Gasteiger partial charge in [-0.1, -0.05) is 64.5 Å². The predicted octanol–water partition coefficient (Wildman–Crippen LogP) is 5.15. The standard InChI is InChI=1S/C23H32F3N5O2S/c1-7-8-11-31-20(34-19(30-31)21(2,3)4)29-18(32)16-12-15(23(24,25)26)9-10-17(16)33-28-14-22(5,6)13-27/h9-10,12,14H,7-8,11,13,27H2,1-6H3. The maximum absolute atomic E-state index is 13.3. The van der Waals surface area contributed by atoms with Gasteiger partial charge in [-0.3, -0.25) is 4.79 Å². The summed E-state index contributed by atoms with van der Waals surface area (Å²) in [6, 6.07) is 2.63. The number of nitrogens with zero attached hydrogens (tertiary/aromatic N) is 4. The lowest BCUT2D eigenvalue weighted by atomic mass is 9.96. The summed E-state index contributed by atoms with van der Waals surface area (Å²) in [5.74, 6) is -1.00. The van der Waals surface area contributed by atoms with Crippen LogP contribution in [0.2, 0.25) is 0 Å². The third-order valence-electron chi connectivity index (χ3n) is 4.80. The second kappa shape index (κ2) is 10.8. The van der Waals surface area contributed by atoms with E-state index in [1.165, 1.54) is 17.6 Å². The smallest absolute Gasteiger partial charge is 0.356 e. The Hall–Kier alpha value is -2.53. The van der Waals surface area contributed by atoms with Gasteiger partial charge in [-0.15, -0.1) is 0 Å². The van der Waals surface area contributed by atoms with Crippen LogP contribution in [-0.4, -0.2) is 28.4 Å². The van der Waals surface area contributed by atoms with Crippen LogP contribution in [0.1, 0.15) is 75.3 Å². The molecule has 1 aromatic carbocycles. The Morgan fingerprint density at radius 3 is 2.47 bits per heavy atom. The van der Waals surface area contributed by atoms with E-state index >= 15 is 0 Å². The van der Waals surface area contributed by atoms with Crippen molar-refractivity contribution >= 4 is 23.5 Å². The summed E-state index contributed by atoms with van der Waals surface area (Å²) in [5, 5.41) is 9.17. The molecule has 0 aliphatic heterocycles. The molecular formula is C23H32F3N5O2S. The van der Waals surface area contributed by atoms with Gasteiger partial charge in [0.25, 0.3) is 5.91 Å². The molecule has 0 radical (unpaired) electrons. The average molecular weight is 500 g/mol. The van der Waals surface area contributed by atoms with Gasteiger partial charge in [0.05, 0.1) is 17.3 Å². The van der Waals surface area contributed by atoms with Gasteiger partial charge in [0.15, 0.2) is 5.75 Å². The number of benzene rings is 1. The van der Waals surface area contributed by atoms with Crippen LogP contribution < -0.4 is 15.4 Å². The molecule has 0 unspecified atom stereocenters. The van der Waals surface area contributed by atoms with Gasteiger partial charge in [0.1, 0.15) is 5.01 Å². The number of halogens is 3. The summed E-state index contributed by atoms with van der Waals surface area (Å²) in [5.41, 5.74) is 3.56.